The molecule has 1 N–H and O–H groups in total. The van der Waals surface area contributed by atoms with Crippen molar-refractivity contribution in [3.8, 4) is 0 Å². The number of benzene rings is 2. The van der Waals surface area contributed by atoms with E-state index in [9.17, 15) is 4.79 Å². The molecule has 0 bridgehead atoms. The Morgan fingerprint density at radius 1 is 0.732 bits per heavy atom. The number of imidazole rings is 1. The van der Waals surface area contributed by atoms with E-state index in [1.165, 1.54) is 101 Å². The van der Waals surface area contributed by atoms with Gasteiger partial charge in [0.15, 0.2) is 0 Å². The average Bonchev–Trinajstić information content (AvgIpc) is 3.33. The first-order chi connectivity index (χ1) is 20.2. The second kappa shape index (κ2) is 20.5. The summed E-state index contributed by atoms with van der Waals surface area (Å²) in [6.07, 6.45) is 24.0. The number of carbonyl (C=O) groups is 1. The molecule has 0 aliphatic carbocycles. The maximum atomic E-state index is 12.2. The number of aromatic nitrogens is 2. The van der Waals surface area contributed by atoms with Crippen LogP contribution in [0.2, 0.25) is 5.02 Å². The van der Waals surface area contributed by atoms with Crippen molar-refractivity contribution in [3.05, 3.63) is 64.9 Å². The van der Waals surface area contributed by atoms with Gasteiger partial charge in [-0.25, -0.2) is 4.98 Å². The summed E-state index contributed by atoms with van der Waals surface area (Å²) in [4.78, 5) is 17.2. The molecule has 0 radical (unpaired) electrons. The van der Waals surface area contributed by atoms with Crippen LogP contribution in [0.5, 0.6) is 0 Å². The number of fused-ring (bicyclic) bond motifs is 1. The number of rotatable bonds is 23. The van der Waals surface area contributed by atoms with E-state index in [0.29, 0.717) is 11.4 Å². The van der Waals surface area contributed by atoms with Crippen LogP contribution in [-0.2, 0) is 24.2 Å². The number of carbonyl (C=O) groups excluding carboxylic acids is 1. The van der Waals surface area contributed by atoms with Crippen molar-refractivity contribution < 1.29 is 4.79 Å². The molecule has 41 heavy (non-hydrogen) atoms. The Kier molecular flexibility index (Phi) is 16.6. The maximum Gasteiger partial charge on any atom is 0.224 e. The van der Waals surface area contributed by atoms with Crippen molar-refractivity contribution in [1.29, 1.82) is 0 Å². The zero-order valence-electron chi connectivity index (χ0n) is 25.6. The van der Waals surface area contributed by atoms with Crippen LogP contribution in [0.25, 0.3) is 11.0 Å². The number of halogens is 1. The minimum Gasteiger partial charge on any atom is -0.356 e. The summed E-state index contributed by atoms with van der Waals surface area (Å²) in [7, 11) is 0. The molecule has 1 heterocycles. The lowest BCUT2D eigenvalue weighted by atomic mass is 10.0. The predicted molar refractivity (Wildman–Crippen MR) is 176 cm³/mol. The smallest absolute Gasteiger partial charge is 0.224 e. The molecule has 0 unspecified atom stereocenters. The molecule has 0 fully saturated rings. The number of nitrogens with zero attached hydrogens (tertiary/aromatic N) is 2. The number of aryl methyl sites for hydroxylation is 2. The summed E-state index contributed by atoms with van der Waals surface area (Å²) in [5.74, 6) is 1.29. The summed E-state index contributed by atoms with van der Waals surface area (Å²) in [6, 6.07) is 16.0. The van der Waals surface area contributed by atoms with Gasteiger partial charge < -0.3 is 9.88 Å². The summed E-state index contributed by atoms with van der Waals surface area (Å²) < 4.78 is 2.46. The fourth-order valence-electron chi connectivity index (χ4n) is 5.69. The van der Waals surface area contributed by atoms with E-state index in [2.05, 4.69) is 41.1 Å². The van der Waals surface area contributed by atoms with Crippen molar-refractivity contribution in [2.45, 2.75) is 135 Å². The molecule has 5 heteroatoms. The van der Waals surface area contributed by atoms with E-state index < -0.39 is 0 Å². The van der Waals surface area contributed by atoms with Gasteiger partial charge in [-0.05, 0) is 49.1 Å². The molecule has 0 saturated carbocycles. The van der Waals surface area contributed by atoms with E-state index >= 15 is 0 Å². The molecule has 4 nitrogen and oxygen atoms in total. The van der Waals surface area contributed by atoms with Crippen LogP contribution < -0.4 is 5.32 Å². The highest BCUT2D eigenvalue weighted by Crippen LogP contribution is 2.20. The number of amides is 1. The number of nitrogens with one attached hydrogen (secondary N) is 1. The lowest BCUT2D eigenvalue weighted by Gasteiger charge is -2.10. The third kappa shape index (κ3) is 13.5. The van der Waals surface area contributed by atoms with Gasteiger partial charge in [0.25, 0.3) is 0 Å². The highest BCUT2D eigenvalue weighted by Gasteiger charge is 2.10. The van der Waals surface area contributed by atoms with Crippen LogP contribution >= 0.6 is 11.6 Å². The molecule has 0 aliphatic rings. The number of hydrogen-bond donors (Lipinski definition) is 1. The Morgan fingerprint density at radius 3 is 1.98 bits per heavy atom. The molecule has 0 saturated heterocycles. The van der Waals surface area contributed by atoms with Gasteiger partial charge in [0.1, 0.15) is 5.82 Å². The molecule has 3 rings (SSSR count). The van der Waals surface area contributed by atoms with Gasteiger partial charge >= 0.3 is 0 Å². The van der Waals surface area contributed by atoms with Gasteiger partial charge in [0, 0.05) is 24.5 Å². The lowest BCUT2D eigenvalue weighted by Crippen LogP contribution is -2.26. The van der Waals surface area contributed by atoms with E-state index in [0.717, 1.165) is 49.9 Å². The van der Waals surface area contributed by atoms with Crippen molar-refractivity contribution >= 4 is 28.5 Å². The van der Waals surface area contributed by atoms with Crippen LogP contribution in [0, 0.1) is 0 Å². The zero-order valence-corrected chi connectivity index (χ0v) is 26.4. The van der Waals surface area contributed by atoms with E-state index in [-0.39, 0.29) is 5.91 Å². The fourth-order valence-corrected chi connectivity index (χ4v) is 5.82. The largest absolute Gasteiger partial charge is 0.356 e. The quantitative estimate of drug-likeness (QED) is 0.114. The molecule has 2 aromatic carbocycles. The van der Waals surface area contributed by atoms with Crippen LogP contribution in [0.1, 0.15) is 127 Å². The normalized spacial score (nSPS) is 11.4. The molecule has 0 atom stereocenters. The summed E-state index contributed by atoms with van der Waals surface area (Å²) in [5, 5.41) is 3.75. The molecule has 0 aliphatic heterocycles. The lowest BCUT2D eigenvalue weighted by molar-refractivity contribution is -0.120. The van der Waals surface area contributed by atoms with Gasteiger partial charge in [-0.3, -0.25) is 4.79 Å². The highest BCUT2D eigenvalue weighted by atomic mass is 35.5. The van der Waals surface area contributed by atoms with Crippen LogP contribution in [-0.4, -0.2) is 22.0 Å². The molecule has 0 spiro atoms. The van der Waals surface area contributed by atoms with E-state index in [4.69, 9.17) is 16.6 Å². The Hall–Kier alpha value is -2.33. The van der Waals surface area contributed by atoms with Crippen LogP contribution in [0.4, 0.5) is 0 Å². The van der Waals surface area contributed by atoms with Crippen molar-refractivity contribution in [2.24, 2.45) is 0 Å². The predicted octanol–water partition coefficient (Wildman–Crippen LogP) is 10.2. The maximum absolute atomic E-state index is 12.2. The van der Waals surface area contributed by atoms with E-state index in [1.54, 1.807) is 0 Å². The van der Waals surface area contributed by atoms with Gasteiger partial charge in [-0.15, -0.1) is 0 Å². The minimum atomic E-state index is 0.0716. The monoisotopic (exact) mass is 579 g/mol. The van der Waals surface area contributed by atoms with E-state index in [1.807, 2.05) is 24.3 Å². The second-order valence-corrected chi connectivity index (χ2v) is 12.2. The summed E-state index contributed by atoms with van der Waals surface area (Å²) in [5.41, 5.74) is 3.37. The molecular formula is C36H54ClN3O. The first kappa shape index (κ1) is 33.2. The second-order valence-electron chi connectivity index (χ2n) is 11.7. The topological polar surface area (TPSA) is 46.9 Å². The molecule has 1 aromatic heterocycles. The summed E-state index contributed by atoms with van der Waals surface area (Å²) in [6.45, 7) is 4.08. The first-order valence-electron chi connectivity index (χ1n) is 16.6. The molecule has 3 aromatic rings. The molecule has 1 amide bonds. The standard InChI is InChI=1S/C36H54ClN3O/c1-2-3-4-5-6-7-8-9-10-11-12-13-14-20-29-40-34-22-18-17-21-33(34)39-35(40)23-16-15-19-28-38-36(41)30-31-24-26-32(37)27-25-31/h17-18,21-22,24-27H,2-16,19-20,23,28-30H2,1H3,(H,38,41). The average molecular weight is 580 g/mol. The SMILES string of the molecule is CCCCCCCCCCCCCCCCn1c(CCCCCNC(=O)Cc2ccc(Cl)cc2)nc2ccccc21. The third-order valence-electron chi connectivity index (χ3n) is 8.15. The Labute approximate surface area is 254 Å². The van der Waals surface area contributed by atoms with Crippen molar-refractivity contribution in [2.75, 3.05) is 6.54 Å². The van der Waals surface area contributed by atoms with Crippen LogP contribution in [0.3, 0.4) is 0 Å². The zero-order chi connectivity index (χ0) is 29.0. The van der Waals surface area contributed by atoms with Gasteiger partial charge in [-0.1, -0.05) is 133 Å². The van der Waals surface area contributed by atoms with Gasteiger partial charge in [-0.2, -0.15) is 0 Å². The fraction of sp³-hybridized carbons (Fsp3) is 0.611. The van der Waals surface area contributed by atoms with Gasteiger partial charge in [0.05, 0.1) is 17.5 Å². The Morgan fingerprint density at radius 2 is 1.32 bits per heavy atom. The van der Waals surface area contributed by atoms with Crippen LogP contribution in [0.15, 0.2) is 48.5 Å². The number of para-hydroxylation sites is 2. The third-order valence-corrected chi connectivity index (χ3v) is 8.40. The Bertz CT molecular complexity index is 1110. The first-order valence-corrected chi connectivity index (χ1v) is 17.0. The number of hydrogen-bond acceptors (Lipinski definition) is 2. The Balaban J connectivity index is 1.26. The number of unbranched alkanes of at least 4 members (excludes halogenated alkanes) is 15. The minimum absolute atomic E-state index is 0.0716. The molecule has 226 valence electrons. The summed E-state index contributed by atoms with van der Waals surface area (Å²) >= 11 is 5.93. The van der Waals surface area contributed by atoms with Gasteiger partial charge in [0.2, 0.25) is 5.91 Å². The molecular weight excluding hydrogens is 526 g/mol. The highest BCUT2D eigenvalue weighted by molar-refractivity contribution is 6.30. The van der Waals surface area contributed by atoms with Crippen molar-refractivity contribution in [3.63, 3.8) is 0 Å². The van der Waals surface area contributed by atoms with Crippen molar-refractivity contribution in [1.82, 2.24) is 14.9 Å².